The molecule has 0 amide bonds. The third-order valence-corrected chi connectivity index (χ3v) is 8.27. The van der Waals surface area contributed by atoms with Gasteiger partial charge in [-0.3, -0.25) is 4.98 Å². The lowest BCUT2D eigenvalue weighted by Crippen LogP contribution is -2.00. The van der Waals surface area contributed by atoms with Crippen molar-refractivity contribution < 1.29 is 0 Å². The summed E-state index contributed by atoms with van der Waals surface area (Å²) < 4.78 is 0. The molecular formula is C42H28N4. The lowest BCUT2D eigenvalue weighted by Gasteiger charge is -2.11. The molecule has 2 aromatic heterocycles. The van der Waals surface area contributed by atoms with Gasteiger partial charge in [0.05, 0.1) is 0 Å². The monoisotopic (exact) mass is 588 g/mol. The normalized spacial score (nSPS) is 11.0. The minimum absolute atomic E-state index is 0.650. The van der Waals surface area contributed by atoms with Gasteiger partial charge in [0.1, 0.15) is 0 Å². The highest BCUT2D eigenvalue weighted by Gasteiger charge is 2.13. The summed E-state index contributed by atoms with van der Waals surface area (Å²) in [7, 11) is 0. The van der Waals surface area contributed by atoms with Crippen LogP contribution in [0.2, 0.25) is 0 Å². The van der Waals surface area contributed by atoms with Crippen molar-refractivity contribution in [3.63, 3.8) is 0 Å². The zero-order chi connectivity index (χ0) is 30.7. The van der Waals surface area contributed by atoms with Crippen molar-refractivity contribution in [2.75, 3.05) is 0 Å². The fourth-order valence-electron chi connectivity index (χ4n) is 5.85. The average molecular weight is 589 g/mol. The Hall–Kier alpha value is -6.26. The summed E-state index contributed by atoms with van der Waals surface area (Å²) in [4.78, 5) is 18.7. The Kier molecular flexibility index (Phi) is 7.14. The van der Waals surface area contributed by atoms with Crippen LogP contribution >= 0.6 is 0 Å². The van der Waals surface area contributed by atoms with Crippen LogP contribution < -0.4 is 0 Å². The Labute approximate surface area is 267 Å². The van der Waals surface area contributed by atoms with Gasteiger partial charge in [-0.15, -0.1) is 0 Å². The maximum Gasteiger partial charge on any atom is 0.164 e. The van der Waals surface area contributed by atoms with Crippen molar-refractivity contribution in [2.45, 2.75) is 0 Å². The van der Waals surface area contributed by atoms with Gasteiger partial charge in [-0.1, -0.05) is 140 Å². The maximum atomic E-state index is 4.88. The van der Waals surface area contributed by atoms with Gasteiger partial charge in [0.25, 0.3) is 0 Å². The first-order valence-corrected chi connectivity index (χ1v) is 15.3. The molecule has 8 aromatic rings. The molecule has 6 aromatic carbocycles. The van der Waals surface area contributed by atoms with Crippen LogP contribution in [0.15, 0.2) is 170 Å². The third-order valence-electron chi connectivity index (χ3n) is 8.27. The van der Waals surface area contributed by atoms with Gasteiger partial charge >= 0.3 is 0 Å². The van der Waals surface area contributed by atoms with Gasteiger partial charge in [0.15, 0.2) is 17.5 Å². The van der Waals surface area contributed by atoms with E-state index in [2.05, 4.69) is 89.9 Å². The summed E-state index contributed by atoms with van der Waals surface area (Å²) in [5.41, 5.74) is 9.93. The van der Waals surface area contributed by atoms with Crippen LogP contribution in [0.5, 0.6) is 0 Å². The van der Waals surface area contributed by atoms with E-state index >= 15 is 0 Å². The predicted octanol–water partition coefficient (Wildman–Crippen LogP) is 10.4. The van der Waals surface area contributed by atoms with Crippen molar-refractivity contribution in [1.29, 1.82) is 0 Å². The van der Waals surface area contributed by atoms with E-state index in [9.17, 15) is 0 Å². The summed E-state index contributed by atoms with van der Waals surface area (Å²) in [6.07, 6.45) is 3.66. The van der Waals surface area contributed by atoms with Gasteiger partial charge in [0.2, 0.25) is 0 Å². The van der Waals surface area contributed by atoms with Crippen LogP contribution in [0.4, 0.5) is 0 Å². The Morgan fingerprint density at radius 1 is 0.304 bits per heavy atom. The van der Waals surface area contributed by atoms with Crippen LogP contribution in [0, 0.1) is 0 Å². The fraction of sp³-hybridized carbons (Fsp3) is 0. The zero-order valence-corrected chi connectivity index (χ0v) is 25.0. The molecule has 0 spiro atoms. The van der Waals surface area contributed by atoms with Crippen LogP contribution in [-0.2, 0) is 0 Å². The van der Waals surface area contributed by atoms with Gasteiger partial charge in [-0.05, 0) is 62.4 Å². The van der Waals surface area contributed by atoms with Gasteiger partial charge < -0.3 is 0 Å². The molecule has 0 saturated heterocycles. The average Bonchev–Trinajstić information content (AvgIpc) is 3.15. The number of nitrogens with zero attached hydrogens (tertiary/aromatic N) is 4. The molecule has 4 heteroatoms. The standard InChI is InChI=1S/C42H28N4/c1-3-8-33(9-4-1)40-44-41(34-10-5-2-6-11-34)46-42(45-40)35-20-16-30(17-21-35)36-22-23-39-37(28-36)12-7-13-38(39)32-18-14-29(15-19-32)31-24-26-43-27-25-31/h1-28H. The third kappa shape index (κ3) is 5.44. The highest BCUT2D eigenvalue weighted by Crippen LogP contribution is 2.34. The molecule has 0 fully saturated rings. The molecule has 0 N–H and O–H groups in total. The SMILES string of the molecule is c1ccc(-c2nc(-c3ccccc3)nc(-c3ccc(-c4ccc5c(-c6ccc(-c7ccncc7)cc6)cccc5c4)cc3)n2)cc1. The largest absolute Gasteiger partial charge is 0.265 e. The smallest absolute Gasteiger partial charge is 0.164 e. The van der Waals surface area contributed by atoms with Gasteiger partial charge in [0, 0.05) is 29.1 Å². The first-order valence-electron chi connectivity index (χ1n) is 15.3. The van der Waals surface area contributed by atoms with Crippen molar-refractivity contribution >= 4 is 10.8 Å². The molecule has 8 rings (SSSR count). The highest BCUT2D eigenvalue weighted by molar-refractivity contribution is 5.99. The molecule has 0 aliphatic heterocycles. The number of pyridine rings is 1. The zero-order valence-electron chi connectivity index (χ0n) is 25.0. The number of aromatic nitrogens is 4. The second-order valence-electron chi connectivity index (χ2n) is 11.2. The van der Waals surface area contributed by atoms with E-state index in [4.69, 9.17) is 15.0 Å². The Morgan fingerprint density at radius 3 is 1.35 bits per heavy atom. The number of benzene rings is 6. The van der Waals surface area contributed by atoms with E-state index in [0.29, 0.717) is 17.5 Å². The van der Waals surface area contributed by atoms with E-state index in [1.807, 2.05) is 85.2 Å². The summed E-state index contributed by atoms with van der Waals surface area (Å²) in [6.45, 7) is 0. The first kappa shape index (κ1) is 27.3. The van der Waals surface area contributed by atoms with Crippen LogP contribution in [-0.4, -0.2) is 19.9 Å². The molecule has 0 unspecified atom stereocenters. The molecule has 0 saturated carbocycles. The second-order valence-corrected chi connectivity index (χ2v) is 11.2. The van der Waals surface area contributed by atoms with E-state index in [0.717, 1.165) is 27.8 Å². The van der Waals surface area contributed by atoms with Gasteiger partial charge in [-0.2, -0.15) is 0 Å². The van der Waals surface area contributed by atoms with Crippen LogP contribution in [0.3, 0.4) is 0 Å². The van der Waals surface area contributed by atoms with Crippen molar-refractivity contribution in [3.05, 3.63) is 170 Å². The fourth-order valence-corrected chi connectivity index (χ4v) is 5.85. The Morgan fingerprint density at radius 2 is 0.761 bits per heavy atom. The summed E-state index contributed by atoms with van der Waals surface area (Å²) in [6, 6.07) is 54.6. The van der Waals surface area contributed by atoms with E-state index in [-0.39, 0.29) is 0 Å². The number of hydrogen-bond donors (Lipinski definition) is 0. The lowest BCUT2D eigenvalue weighted by atomic mass is 9.94. The van der Waals surface area contributed by atoms with E-state index in [1.54, 1.807) is 0 Å². The van der Waals surface area contributed by atoms with Crippen molar-refractivity contribution in [1.82, 2.24) is 19.9 Å². The molecule has 46 heavy (non-hydrogen) atoms. The lowest BCUT2D eigenvalue weighted by molar-refractivity contribution is 1.07. The maximum absolute atomic E-state index is 4.88. The molecule has 0 aliphatic carbocycles. The Bertz CT molecular complexity index is 2210. The molecule has 0 bridgehead atoms. The van der Waals surface area contributed by atoms with Crippen LogP contribution in [0.1, 0.15) is 0 Å². The summed E-state index contributed by atoms with van der Waals surface area (Å²) in [5.74, 6) is 1.97. The number of rotatable bonds is 6. The van der Waals surface area contributed by atoms with Gasteiger partial charge in [-0.25, -0.2) is 15.0 Å². The predicted molar refractivity (Wildman–Crippen MR) is 188 cm³/mol. The van der Waals surface area contributed by atoms with E-state index in [1.165, 1.54) is 33.0 Å². The number of fused-ring (bicyclic) bond motifs is 1. The molecule has 2 heterocycles. The highest BCUT2D eigenvalue weighted by atomic mass is 15.0. The minimum atomic E-state index is 0.650. The topological polar surface area (TPSA) is 51.6 Å². The molecule has 0 aliphatic rings. The molecule has 4 nitrogen and oxygen atoms in total. The van der Waals surface area contributed by atoms with Crippen molar-refractivity contribution in [2.24, 2.45) is 0 Å². The van der Waals surface area contributed by atoms with E-state index < -0.39 is 0 Å². The molecule has 0 radical (unpaired) electrons. The Balaban J connectivity index is 1.11. The molecule has 0 atom stereocenters. The summed E-state index contributed by atoms with van der Waals surface area (Å²) >= 11 is 0. The molecule has 216 valence electrons. The van der Waals surface area contributed by atoms with Crippen molar-refractivity contribution in [3.8, 4) is 67.5 Å². The first-order chi connectivity index (χ1) is 22.8. The second kappa shape index (κ2) is 12.0. The summed E-state index contributed by atoms with van der Waals surface area (Å²) in [5, 5.41) is 2.43. The molecular weight excluding hydrogens is 560 g/mol. The number of hydrogen-bond acceptors (Lipinski definition) is 4. The minimum Gasteiger partial charge on any atom is -0.265 e. The van der Waals surface area contributed by atoms with Crippen LogP contribution in [0.25, 0.3) is 78.3 Å². The quantitative estimate of drug-likeness (QED) is 0.194.